The molecule has 0 fully saturated rings. The van der Waals surface area contributed by atoms with Gasteiger partial charge in [-0.1, -0.05) is 77.6 Å². The number of fused-ring (bicyclic) bond motifs is 2. The van der Waals surface area contributed by atoms with Gasteiger partial charge in [-0.3, -0.25) is 0 Å². The Bertz CT molecular complexity index is 1090. The summed E-state index contributed by atoms with van der Waals surface area (Å²) in [6.07, 6.45) is 5.65. The molecule has 0 saturated carbocycles. The number of aromatic nitrogens is 1. The van der Waals surface area contributed by atoms with Crippen molar-refractivity contribution in [1.29, 1.82) is 0 Å². The number of benzene rings is 2. The third kappa shape index (κ3) is 7.44. The van der Waals surface area contributed by atoms with E-state index in [1.54, 1.807) is 0 Å². The molecule has 2 atom stereocenters. The smallest absolute Gasteiger partial charge is 0.0629 e. The van der Waals surface area contributed by atoms with Gasteiger partial charge in [-0.2, -0.15) is 0 Å². The van der Waals surface area contributed by atoms with Crippen LogP contribution in [-0.4, -0.2) is 41.5 Å². The first-order valence-corrected chi connectivity index (χ1v) is 13.8. The zero-order valence-corrected chi connectivity index (χ0v) is 26.1. The first kappa shape index (κ1) is 32.0. The summed E-state index contributed by atoms with van der Waals surface area (Å²) < 4.78 is 0. The largest absolute Gasteiger partial charge is 0.393 e. The minimum absolute atomic E-state index is 0. The number of hydrogen-bond donors (Lipinski definition) is 2. The summed E-state index contributed by atoms with van der Waals surface area (Å²) in [4.78, 5) is 8.86. The Morgan fingerprint density at radius 3 is 1.71 bits per heavy atom. The maximum absolute atomic E-state index is 9.96. The van der Waals surface area contributed by atoms with Crippen LogP contribution >= 0.6 is 0 Å². The van der Waals surface area contributed by atoms with Gasteiger partial charge < -0.3 is 25.0 Å². The van der Waals surface area contributed by atoms with Crippen molar-refractivity contribution in [3.63, 3.8) is 0 Å². The second-order valence-corrected chi connectivity index (χ2v) is 9.96. The van der Waals surface area contributed by atoms with Crippen LogP contribution in [0.25, 0.3) is 11.3 Å². The molecule has 1 radical (unpaired) electrons. The molecule has 2 N–H and O–H groups in total. The van der Waals surface area contributed by atoms with Gasteiger partial charge in [-0.25, -0.2) is 0 Å². The molecule has 1 aliphatic rings. The van der Waals surface area contributed by atoms with E-state index in [-0.39, 0.29) is 32.3 Å². The minimum Gasteiger partial charge on any atom is -0.393 e. The quantitative estimate of drug-likeness (QED) is 0.229. The SMILES string of the molecule is CCC(CC)C(O)CC(O)C(CC)CC.CN1c2c[c-]c(-c3ccccn3)cc2N(C)c2ccccc21.[Ir]. The fraction of sp³-hybridized carbons (Fsp3) is 0.469. The second-order valence-electron chi connectivity index (χ2n) is 9.96. The van der Waals surface area contributed by atoms with Crippen molar-refractivity contribution in [2.75, 3.05) is 23.9 Å². The number of pyridine rings is 1. The molecule has 38 heavy (non-hydrogen) atoms. The van der Waals surface area contributed by atoms with Crippen molar-refractivity contribution < 1.29 is 30.3 Å². The Labute approximate surface area is 243 Å². The van der Waals surface area contributed by atoms with E-state index in [9.17, 15) is 10.2 Å². The van der Waals surface area contributed by atoms with Crippen molar-refractivity contribution >= 4 is 22.7 Å². The molecular weight excluding hydrogens is 651 g/mol. The first-order chi connectivity index (χ1) is 17.9. The van der Waals surface area contributed by atoms with E-state index in [2.05, 4.69) is 93.0 Å². The molecule has 0 spiro atoms. The van der Waals surface area contributed by atoms with E-state index in [0.29, 0.717) is 18.3 Å². The molecule has 5 nitrogen and oxygen atoms in total. The average Bonchev–Trinajstić information content (AvgIpc) is 2.93. The van der Waals surface area contributed by atoms with E-state index in [4.69, 9.17) is 0 Å². The van der Waals surface area contributed by atoms with Gasteiger partial charge in [-0.05, 0) is 53.5 Å². The number of aliphatic hydroxyl groups excluding tert-OH is 2. The van der Waals surface area contributed by atoms with Crippen molar-refractivity contribution in [3.8, 4) is 11.3 Å². The van der Waals surface area contributed by atoms with E-state index in [1.165, 1.54) is 17.1 Å². The predicted octanol–water partition coefficient (Wildman–Crippen LogP) is 7.37. The minimum atomic E-state index is -0.337. The number of aliphatic hydroxyl groups is 2. The van der Waals surface area contributed by atoms with Gasteiger partial charge in [0, 0.05) is 40.4 Å². The van der Waals surface area contributed by atoms with Gasteiger partial charge in [0.05, 0.1) is 23.6 Å². The zero-order valence-electron chi connectivity index (χ0n) is 23.7. The molecule has 2 heterocycles. The van der Waals surface area contributed by atoms with Gasteiger partial charge in [0.2, 0.25) is 0 Å². The van der Waals surface area contributed by atoms with Gasteiger partial charge in [-0.15, -0.1) is 23.8 Å². The third-order valence-corrected chi connectivity index (χ3v) is 7.84. The van der Waals surface area contributed by atoms with Gasteiger partial charge in [0.15, 0.2) is 0 Å². The molecule has 4 rings (SSSR count). The van der Waals surface area contributed by atoms with Crippen LogP contribution in [0.2, 0.25) is 0 Å². The third-order valence-electron chi connectivity index (χ3n) is 7.84. The summed E-state index contributed by atoms with van der Waals surface area (Å²) in [5.74, 6) is 0.683. The molecule has 209 valence electrons. The Morgan fingerprint density at radius 1 is 0.737 bits per heavy atom. The monoisotopic (exact) mass is 695 g/mol. The normalized spacial score (nSPS) is 13.7. The van der Waals surface area contributed by atoms with E-state index >= 15 is 0 Å². The fourth-order valence-corrected chi connectivity index (χ4v) is 5.27. The van der Waals surface area contributed by atoms with E-state index < -0.39 is 0 Å². The molecule has 1 aromatic heterocycles. The molecule has 0 saturated heterocycles. The van der Waals surface area contributed by atoms with Crippen LogP contribution in [0.1, 0.15) is 59.8 Å². The van der Waals surface area contributed by atoms with E-state index in [1.807, 2.05) is 30.5 Å². The molecule has 3 aromatic rings. The number of hydrogen-bond acceptors (Lipinski definition) is 5. The predicted molar refractivity (Wildman–Crippen MR) is 156 cm³/mol. The van der Waals surface area contributed by atoms with Crippen LogP contribution in [0.5, 0.6) is 0 Å². The molecule has 1 aliphatic heterocycles. The fourth-order valence-electron chi connectivity index (χ4n) is 5.27. The number of nitrogens with zero attached hydrogens (tertiary/aromatic N) is 3. The summed E-state index contributed by atoms with van der Waals surface area (Å²) >= 11 is 0. The van der Waals surface area contributed by atoms with Crippen LogP contribution in [0.3, 0.4) is 0 Å². The Morgan fingerprint density at radius 2 is 1.24 bits per heavy atom. The van der Waals surface area contributed by atoms with Gasteiger partial charge in [0.25, 0.3) is 0 Å². The molecule has 2 aromatic carbocycles. The van der Waals surface area contributed by atoms with Crippen LogP contribution in [0.15, 0.2) is 60.8 Å². The van der Waals surface area contributed by atoms with E-state index in [0.717, 1.165) is 42.6 Å². The topological polar surface area (TPSA) is 59.8 Å². The molecule has 2 unspecified atom stereocenters. The first-order valence-electron chi connectivity index (χ1n) is 13.8. The van der Waals surface area contributed by atoms with Crippen LogP contribution in [0, 0.1) is 17.9 Å². The van der Waals surface area contributed by atoms with Gasteiger partial charge >= 0.3 is 0 Å². The Hall–Kier alpha value is -2.24. The van der Waals surface area contributed by atoms with Gasteiger partial charge in [0.1, 0.15) is 0 Å². The maximum atomic E-state index is 9.96. The van der Waals surface area contributed by atoms with Crippen LogP contribution < -0.4 is 9.80 Å². The summed E-state index contributed by atoms with van der Waals surface area (Å²) in [6.45, 7) is 8.39. The van der Waals surface area contributed by atoms with Crippen molar-refractivity contribution in [2.45, 2.75) is 72.0 Å². The Balaban J connectivity index is 0.000000282. The summed E-state index contributed by atoms with van der Waals surface area (Å²) in [5.41, 5.74) is 6.69. The Kier molecular flexibility index (Phi) is 12.9. The molecule has 0 amide bonds. The van der Waals surface area contributed by atoms with Crippen molar-refractivity contribution in [2.24, 2.45) is 11.8 Å². The summed E-state index contributed by atoms with van der Waals surface area (Å²) in [5, 5.41) is 19.9. The molecular formula is C32H44IrN3O2-. The van der Waals surface area contributed by atoms with Crippen molar-refractivity contribution in [3.05, 3.63) is 66.9 Å². The van der Waals surface area contributed by atoms with Crippen LogP contribution in [0.4, 0.5) is 22.7 Å². The summed E-state index contributed by atoms with van der Waals surface area (Å²) in [7, 11) is 4.20. The number of rotatable bonds is 9. The average molecular weight is 695 g/mol. The zero-order chi connectivity index (χ0) is 26.9. The van der Waals surface area contributed by atoms with Crippen LogP contribution in [-0.2, 0) is 20.1 Å². The second kappa shape index (κ2) is 15.4. The number of anilines is 4. The molecule has 0 bridgehead atoms. The number of para-hydroxylation sites is 2. The summed E-state index contributed by atoms with van der Waals surface area (Å²) in [6, 6.07) is 21.9. The standard InChI is InChI=1S/C19H16N3.C13H28O2.Ir/c1-21-16-8-3-4-9-17(16)22(2)19-13-14(10-11-18(19)21)15-7-5-6-12-20-15;1-5-10(6-2)12(14)9-13(15)11(7-3)8-4;/h3-9,11-13H,1-2H3;10-15H,5-9H2,1-4H3;/q-1;;. The molecule has 0 aliphatic carbocycles. The van der Waals surface area contributed by atoms with Crippen molar-refractivity contribution in [1.82, 2.24) is 4.98 Å². The maximum Gasteiger partial charge on any atom is 0.0629 e. The molecule has 6 heteroatoms.